The van der Waals surface area contributed by atoms with Crippen LogP contribution in [0.1, 0.15) is 33.3 Å². The van der Waals surface area contributed by atoms with Crippen molar-refractivity contribution in [2.45, 2.75) is 26.2 Å². The van der Waals surface area contributed by atoms with E-state index in [-0.39, 0.29) is 134 Å². The molecule has 2 nitrogen and oxygen atoms in total. The van der Waals surface area contributed by atoms with Crippen molar-refractivity contribution in [3.8, 4) is 0 Å². The Balaban J connectivity index is -0.00000000500. The van der Waals surface area contributed by atoms with Gasteiger partial charge in [0, 0.05) is 6.42 Å². The molecule has 0 spiro atoms. The largest absolute Gasteiger partial charge is 2.00 e. The summed E-state index contributed by atoms with van der Waals surface area (Å²) in [5, 5.41) is 8.04. The molecule has 1 N–H and O–H groups in total. The van der Waals surface area contributed by atoms with Crippen LogP contribution in [-0.4, -0.2) is 48.8 Å². The molecule has 11 heavy (non-hydrogen) atoms. The molecule has 0 bridgehead atoms. The molecule has 0 rings (SSSR count). The molecule has 0 fully saturated rings. The van der Waals surface area contributed by atoms with Crippen molar-refractivity contribution in [2.75, 3.05) is 0 Å². The number of carboxylic acids is 1. The van der Waals surface area contributed by atoms with Gasteiger partial charge < -0.3 is 12.2 Å². The molecule has 0 aliphatic rings. The summed E-state index contributed by atoms with van der Waals surface area (Å²) in [5.41, 5.74) is 0. The van der Waals surface area contributed by atoms with Gasteiger partial charge in [0.05, 0.1) is 0 Å². The zero-order chi connectivity index (χ0) is 5.70. The van der Waals surface area contributed by atoms with E-state index in [1.807, 2.05) is 6.92 Å². The van der Waals surface area contributed by atoms with E-state index in [4.69, 9.17) is 5.11 Å². The first-order chi connectivity index (χ1) is 3.27. The third-order valence-electron chi connectivity index (χ3n) is 0.744. The SMILES string of the molecule is CCCCC(=O)O.[Ca+2].[H-].[H-].[H-].[H-].[H-].[Na+].[Na+].[Na+]. The van der Waals surface area contributed by atoms with Crippen LogP contribution in [0, 0.1) is 0 Å². The molecular formula is C5H15CaNa3O2. The maximum absolute atomic E-state index is 9.76. The molecule has 0 aliphatic heterocycles. The summed E-state index contributed by atoms with van der Waals surface area (Å²) < 4.78 is 0. The van der Waals surface area contributed by atoms with Crippen molar-refractivity contribution in [1.29, 1.82) is 0 Å². The van der Waals surface area contributed by atoms with E-state index in [2.05, 4.69) is 0 Å². The number of hydrogen-bond acceptors (Lipinski definition) is 1. The Morgan fingerprint density at radius 3 is 1.82 bits per heavy atom. The Morgan fingerprint density at radius 1 is 1.36 bits per heavy atom. The van der Waals surface area contributed by atoms with Crippen LogP contribution < -0.4 is 88.7 Å². The van der Waals surface area contributed by atoms with Crippen LogP contribution in [0.25, 0.3) is 0 Å². The maximum atomic E-state index is 9.76. The molecule has 0 atom stereocenters. The predicted molar refractivity (Wildman–Crippen MR) is 38.5 cm³/mol. The van der Waals surface area contributed by atoms with Gasteiger partial charge in [-0.2, -0.15) is 0 Å². The average molecular weight is 216 g/mol. The van der Waals surface area contributed by atoms with Gasteiger partial charge in [-0.1, -0.05) is 13.3 Å². The van der Waals surface area contributed by atoms with E-state index in [1.54, 1.807) is 0 Å². The fourth-order valence-electron chi connectivity index (χ4n) is 0.328. The van der Waals surface area contributed by atoms with Crippen LogP contribution in [-0.2, 0) is 4.79 Å². The van der Waals surface area contributed by atoms with Gasteiger partial charge in [0.2, 0.25) is 0 Å². The van der Waals surface area contributed by atoms with Gasteiger partial charge >= 0.3 is 132 Å². The molecule has 0 heterocycles. The van der Waals surface area contributed by atoms with Crippen molar-refractivity contribution < 1.29 is 106 Å². The smallest absolute Gasteiger partial charge is 1.00 e. The molecule has 6 heteroatoms. The quantitative estimate of drug-likeness (QED) is 0.476. The first-order valence-electron chi connectivity index (χ1n) is 2.49. The minimum Gasteiger partial charge on any atom is -1.00 e. The Morgan fingerprint density at radius 2 is 1.73 bits per heavy atom. The van der Waals surface area contributed by atoms with E-state index < -0.39 is 5.97 Å². The number of carbonyl (C=O) groups is 1. The molecule has 0 aromatic heterocycles. The van der Waals surface area contributed by atoms with Crippen molar-refractivity contribution in [3.63, 3.8) is 0 Å². The fourth-order valence-corrected chi connectivity index (χ4v) is 0.328. The average Bonchev–Trinajstić information content (AvgIpc) is 1.61. The fraction of sp³-hybridized carbons (Fsp3) is 0.800. The van der Waals surface area contributed by atoms with E-state index in [0.29, 0.717) is 6.42 Å². The first-order valence-corrected chi connectivity index (χ1v) is 2.49. The Labute approximate surface area is 172 Å². The molecule has 0 aromatic rings. The molecular weight excluding hydrogens is 201 g/mol. The number of rotatable bonds is 3. The van der Waals surface area contributed by atoms with Crippen molar-refractivity contribution in [2.24, 2.45) is 0 Å². The summed E-state index contributed by atoms with van der Waals surface area (Å²) in [6, 6.07) is 0. The van der Waals surface area contributed by atoms with Gasteiger partial charge in [-0.3, -0.25) is 4.79 Å². The minimum atomic E-state index is -0.693. The minimum absolute atomic E-state index is 0. The van der Waals surface area contributed by atoms with Gasteiger partial charge in [-0.25, -0.2) is 0 Å². The van der Waals surface area contributed by atoms with Crippen LogP contribution in [0.4, 0.5) is 0 Å². The van der Waals surface area contributed by atoms with Crippen molar-refractivity contribution in [1.82, 2.24) is 0 Å². The molecule has 0 aliphatic carbocycles. The summed E-state index contributed by atoms with van der Waals surface area (Å²) in [7, 11) is 0. The van der Waals surface area contributed by atoms with E-state index in [1.165, 1.54) is 0 Å². The molecule has 0 saturated heterocycles. The number of aliphatic carboxylic acids is 1. The van der Waals surface area contributed by atoms with Crippen LogP contribution in [0.15, 0.2) is 0 Å². The topological polar surface area (TPSA) is 37.3 Å². The van der Waals surface area contributed by atoms with Crippen LogP contribution in [0.5, 0.6) is 0 Å². The molecule has 52 valence electrons. The van der Waals surface area contributed by atoms with E-state index in [9.17, 15) is 4.79 Å². The van der Waals surface area contributed by atoms with Gasteiger partial charge in [0.15, 0.2) is 0 Å². The summed E-state index contributed by atoms with van der Waals surface area (Å²) in [5.74, 6) is -0.693. The standard InChI is InChI=1S/C5H10O2.Ca.3Na.5H/c1-2-3-4-5(6)7;;;;;;;;;/h2-4H2,1H3,(H,6,7);;;;;;;;;/q;+2;3*+1;5*-1. The summed E-state index contributed by atoms with van der Waals surface area (Å²) in [4.78, 5) is 9.76. The van der Waals surface area contributed by atoms with Gasteiger partial charge in [0.25, 0.3) is 0 Å². The zero-order valence-corrected chi connectivity index (χ0v) is 16.4. The molecule has 0 aromatic carbocycles. The normalized spacial score (nSPS) is 5.55. The van der Waals surface area contributed by atoms with Crippen molar-refractivity contribution >= 4 is 43.7 Å². The third kappa shape index (κ3) is 31.6. The van der Waals surface area contributed by atoms with Crippen molar-refractivity contribution in [3.05, 3.63) is 0 Å². The Kier molecular flexibility index (Phi) is 62.7. The zero-order valence-electron chi connectivity index (χ0n) is 13.2. The van der Waals surface area contributed by atoms with Crippen LogP contribution in [0.3, 0.4) is 0 Å². The molecule has 0 radical (unpaired) electrons. The van der Waals surface area contributed by atoms with Crippen LogP contribution >= 0.6 is 0 Å². The van der Waals surface area contributed by atoms with E-state index in [0.717, 1.165) is 12.8 Å². The number of unbranched alkanes of at least 4 members (excludes halogenated alkanes) is 1. The van der Waals surface area contributed by atoms with E-state index >= 15 is 0 Å². The molecule has 0 saturated carbocycles. The Bertz CT molecular complexity index is 87.1. The Hall–Kier alpha value is 3.73. The third-order valence-corrected chi connectivity index (χ3v) is 0.744. The second-order valence-electron chi connectivity index (χ2n) is 1.50. The number of carboxylic acid groups (broad SMARTS) is 1. The predicted octanol–water partition coefficient (Wildman–Crippen LogP) is -7.55. The second kappa shape index (κ2) is 23.5. The number of hydrogen-bond donors (Lipinski definition) is 1. The van der Waals surface area contributed by atoms with Gasteiger partial charge in [0.1, 0.15) is 0 Å². The monoisotopic (exact) mass is 216 g/mol. The van der Waals surface area contributed by atoms with Crippen LogP contribution in [0.2, 0.25) is 0 Å². The van der Waals surface area contributed by atoms with Gasteiger partial charge in [-0.05, 0) is 6.42 Å². The summed E-state index contributed by atoms with van der Waals surface area (Å²) >= 11 is 0. The first kappa shape index (κ1) is 29.3. The summed E-state index contributed by atoms with van der Waals surface area (Å²) in [6.07, 6.45) is 2.08. The molecule has 0 unspecified atom stereocenters. The van der Waals surface area contributed by atoms with Gasteiger partial charge in [-0.15, -0.1) is 0 Å². The summed E-state index contributed by atoms with van der Waals surface area (Å²) in [6.45, 7) is 1.98. The molecule has 0 amide bonds. The second-order valence-corrected chi connectivity index (χ2v) is 1.50. The maximum Gasteiger partial charge on any atom is 2.00 e.